The number of anilines is 1. The molecule has 5 aromatic rings. The molecule has 164 valence electrons. The number of nitrogens with zero attached hydrogens (tertiary/aromatic N) is 3. The molecule has 8 heteroatoms. The first-order valence-electron chi connectivity index (χ1n) is 10.1. The summed E-state index contributed by atoms with van der Waals surface area (Å²) >= 11 is 9.34. The number of aromatic nitrogens is 1. The minimum atomic E-state index is -0.324. The number of hydrogen-bond acceptors (Lipinski definition) is 6. The van der Waals surface area contributed by atoms with Crippen LogP contribution in [-0.4, -0.2) is 24.2 Å². The van der Waals surface area contributed by atoms with E-state index in [9.17, 15) is 4.79 Å². The molecule has 0 N–H and O–H groups in total. The molecule has 33 heavy (non-hydrogen) atoms. The highest BCUT2D eigenvalue weighted by atomic mass is 35.5. The van der Waals surface area contributed by atoms with E-state index in [2.05, 4.69) is 10.1 Å². The highest BCUT2D eigenvalue weighted by Gasteiger charge is 2.26. The molecule has 0 spiro atoms. The monoisotopic (exact) mass is 491 g/mol. The lowest BCUT2D eigenvalue weighted by molar-refractivity contribution is 0.0992. The van der Waals surface area contributed by atoms with E-state index >= 15 is 0 Å². The van der Waals surface area contributed by atoms with Crippen LogP contribution < -0.4 is 9.75 Å². The minimum Gasteiger partial charge on any atom is -0.497 e. The third kappa shape index (κ3) is 4.23. The van der Waals surface area contributed by atoms with Crippen molar-refractivity contribution in [2.45, 2.75) is 6.92 Å². The van der Waals surface area contributed by atoms with Crippen molar-refractivity contribution in [3.05, 3.63) is 87.8 Å². The molecule has 2 heterocycles. The minimum absolute atomic E-state index is 0.324. The number of carbonyl (C=O) groups excluding carboxylic acids is 1. The second-order valence-corrected chi connectivity index (χ2v) is 9.78. The molecule has 0 radical (unpaired) electrons. The van der Waals surface area contributed by atoms with Gasteiger partial charge in [-0.1, -0.05) is 71.0 Å². The summed E-state index contributed by atoms with van der Waals surface area (Å²) in [6.07, 6.45) is 1.66. The number of fused-ring (bicyclic) bond motifs is 2. The van der Waals surface area contributed by atoms with Gasteiger partial charge in [-0.05, 0) is 36.8 Å². The van der Waals surface area contributed by atoms with Crippen LogP contribution in [0, 0.1) is 6.92 Å². The molecule has 0 saturated heterocycles. The van der Waals surface area contributed by atoms with E-state index in [1.165, 1.54) is 27.7 Å². The van der Waals surface area contributed by atoms with Gasteiger partial charge < -0.3 is 4.74 Å². The Morgan fingerprint density at radius 3 is 2.61 bits per heavy atom. The van der Waals surface area contributed by atoms with Crippen molar-refractivity contribution >= 4 is 71.8 Å². The molecule has 1 amide bonds. The standard InChI is InChI=1S/C25H18ClN3O2S2/c1-15-7-9-16(10-8-15)14-27-29(25-28-19-12-11-17(31-2)13-21(19)33-25)24(30)23-22(26)18-5-3-4-6-20(18)32-23/h3-14H,1-2H3/b27-14+. The summed E-state index contributed by atoms with van der Waals surface area (Å²) in [5, 5.41) is 7.61. The zero-order valence-electron chi connectivity index (χ0n) is 17.8. The highest BCUT2D eigenvalue weighted by Crippen LogP contribution is 2.38. The van der Waals surface area contributed by atoms with Crippen LogP contribution in [0.15, 0.2) is 71.8 Å². The smallest absolute Gasteiger partial charge is 0.292 e. The van der Waals surface area contributed by atoms with E-state index in [1.54, 1.807) is 13.3 Å². The summed E-state index contributed by atoms with van der Waals surface area (Å²) in [5.74, 6) is 0.405. The number of thiazole rings is 1. The number of ether oxygens (including phenoxy) is 1. The maximum atomic E-state index is 13.7. The van der Waals surface area contributed by atoms with Gasteiger partial charge in [-0.2, -0.15) is 10.1 Å². The number of methoxy groups -OCH3 is 1. The molecule has 0 aliphatic carbocycles. The van der Waals surface area contributed by atoms with Gasteiger partial charge in [0, 0.05) is 10.1 Å². The van der Waals surface area contributed by atoms with Crippen LogP contribution in [0.3, 0.4) is 0 Å². The lowest BCUT2D eigenvalue weighted by Crippen LogP contribution is -2.25. The number of thiophene rings is 1. The predicted molar refractivity (Wildman–Crippen MR) is 139 cm³/mol. The number of rotatable bonds is 5. The van der Waals surface area contributed by atoms with E-state index in [-0.39, 0.29) is 5.91 Å². The van der Waals surface area contributed by atoms with Gasteiger partial charge >= 0.3 is 0 Å². The first kappa shape index (κ1) is 21.6. The van der Waals surface area contributed by atoms with Gasteiger partial charge in [0.15, 0.2) is 0 Å². The van der Waals surface area contributed by atoms with Crippen LogP contribution >= 0.6 is 34.3 Å². The van der Waals surface area contributed by atoms with Crippen LogP contribution in [-0.2, 0) is 0 Å². The molecule has 5 nitrogen and oxygen atoms in total. The summed E-state index contributed by atoms with van der Waals surface area (Å²) in [6.45, 7) is 2.02. The Morgan fingerprint density at radius 1 is 1.06 bits per heavy atom. The Bertz CT molecular complexity index is 1510. The van der Waals surface area contributed by atoms with E-state index in [4.69, 9.17) is 16.3 Å². The first-order valence-corrected chi connectivity index (χ1v) is 12.1. The lowest BCUT2D eigenvalue weighted by atomic mass is 10.2. The lowest BCUT2D eigenvalue weighted by Gasteiger charge is -2.13. The van der Waals surface area contributed by atoms with E-state index < -0.39 is 0 Å². The van der Waals surface area contributed by atoms with Crippen molar-refractivity contribution in [2.24, 2.45) is 5.10 Å². The van der Waals surface area contributed by atoms with E-state index in [0.29, 0.717) is 15.0 Å². The largest absolute Gasteiger partial charge is 0.497 e. The predicted octanol–water partition coefficient (Wildman–Crippen LogP) is 7.16. The van der Waals surface area contributed by atoms with Gasteiger partial charge in [-0.3, -0.25) is 4.79 Å². The van der Waals surface area contributed by atoms with Crippen molar-refractivity contribution in [3.8, 4) is 5.75 Å². The van der Waals surface area contributed by atoms with E-state index in [0.717, 1.165) is 37.2 Å². The topological polar surface area (TPSA) is 54.8 Å². The van der Waals surface area contributed by atoms with Gasteiger partial charge in [0.1, 0.15) is 10.6 Å². The summed E-state index contributed by atoms with van der Waals surface area (Å²) in [6, 6.07) is 21.2. The molecule has 0 bridgehead atoms. The fourth-order valence-corrected chi connectivity index (χ4v) is 5.71. The van der Waals surface area contributed by atoms with Crippen molar-refractivity contribution in [2.75, 3.05) is 12.1 Å². The number of aryl methyl sites for hydroxylation is 1. The van der Waals surface area contributed by atoms with Crippen LogP contribution in [0.4, 0.5) is 5.13 Å². The van der Waals surface area contributed by atoms with Crippen LogP contribution in [0.25, 0.3) is 20.3 Å². The molecular formula is C25H18ClN3O2S2. The first-order chi connectivity index (χ1) is 16.0. The SMILES string of the molecule is COc1ccc2nc(N(/N=C/c3ccc(C)cc3)C(=O)c3sc4ccccc4c3Cl)sc2c1. The maximum Gasteiger partial charge on any atom is 0.292 e. The molecule has 0 fully saturated rings. The Labute approximate surface area is 203 Å². The highest BCUT2D eigenvalue weighted by molar-refractivity contribution is 7.23. The van der Waals surface area contributed by atoms with Crippen molar-refractivity contribution < 1.29 is 9.53 Å². The Hall–Kier alpha value is -3.26. The molecular weight excluding hydrogens is 474 g/mol. The van der Waals surface area contributed by atoms with Crippen LogP contribution in [0.5, 0.6) is 5.75 Å². The second-order valence-electron chi connectivity index (χ2n) is 7.34. The normalized spacial score (nSPS) is 11.5. The maximum absolute atomic E-state index is 13.7. The van der Waals surface area contributed by atoms with Crippen molar-refractivity contribution in [1.82, 2.24) is 4.98 Å². The van der Waals surface area contributed by atoms with Gasteiger partial charge in [-0.25, -0.2) is 4.98 Å². The molecule has 3 aromatic carbocycles. The average Bonchev–Trinajstić information content (AvgIpc) is 3.41. The molecule has 0 aliphatic rings. The summed E-state index contributed by atoms with van der Waals surface area (Å²) in [7, 11) is 1.62. The number of hydrazone groups is 1. The zero-order valence-corrected chi connectivity index (χ0v) is 20.2. The number of halogens is 1. The molecule has 5 rings (SSSR count). The average molecular weight is 492 g/mol. The third-order valence-electron chi connectivity index (χ3n) is 5.09. The van der Waals surface area contributed by atoms with Gasteiger partial charge in [0.05, 0.1) is 28.6 Å². The van der Waals surface area contributed by atoms with Gasteiger partial charge in [0.2, 0.25) is 5.13 Å². The van der Waals surface area contributed by atoms with Crippen LogP contribution in [0.2, 0.25) is 5.02 Å². The zero-order chi connectivity index (χ0) is 22.9. The number of hydrogen-bond donors (Lipinski definition) is 0. The Morgan fingerprint density at radius 2 is 1.85 bits per heavy atom. The molecule has 0 atom stereocenters. The third-order valence-corrected chi connectivity index (χ3v) is 7.74. The number of carbonyl (C=O) groups is 1. The van der Waals surface area contributed by atoms with Crippen molar-refractivity contribution in [1.29, 1.82) is 0 Å². The summed E-state index contributed by atoms with van der Waals surface area (Å²) < 4.78 is 7.17. The number of benzene rings is 3. The summed E-state index contributed by atoms with van der Waals surface area (Å²) in [4.78, 5) is 18.8. The Balaban J connectivity index is 1.60. The molecule has 0 saturated carbocycles. The van der Waals surface area contributed by atoms with Crippen molar-refractivity contribution in [3.63, 3.8) is 0 Å². The summed E-state index contributed by atoms with van der Waals surface area (Å²) in [5.41, 5.74) is 2.79. The number of amides is 1. The van der Waals surface area contributed by atoms with Crippen LogP contribution in [0.1, 0.15) is 20.8 Å². The fourth-order valence-electron chi connectivity index (χ4n) is 3.32. The fraction of sp³-hybridized carbons (Fsp3) is 0.0800. The quantitative estimate of drug-likeness (QED) is 0.193. The molecule has 0 unspecified atom stereocenters. The second kappa shape index (κ2) is 8.94. The van der Waals surface area contributed by atoms with Gasteiger partial charge in [-0.15, -0.1) is 11.3 Å². The molecule has 2 aromatic heterocycles. The van der Waals surface area contributed by atoms with Gasteiger partial charge in [0.25, 0.3) is 5.91 Å². The van der Waals surface area contributed by atoms with E-state index in [1.807, 2.05) is 73.7 Å². The molecule has 0 aliphatic heterocycles. The Kier molecular flexibility index (Phi) is 5.85.